The van der Waals surface area contributed by atoms with Crippen molar-refractivity contribution in [3.8, 4) is 0 Å². The van der Waals surface area contributed by atoms with Crippen molar-refractivity contribution in [3.05, 3.63) is 131 Å². The first-order valence-electron chi connectivity index (χ1n) is 14.2. The topological polar surface area (TPSA) is 32.3 Å². The van der Waals surface area contributed by atoms with Crippen molar-refractivity contribution < 1.29 is 21.6 Å². The van der Waals surface area contributed by atoms with Gasteiger partial charge in [0.2, 0.25) is 5.69 Å². The number of rotatable bonds is 5. The smallest absolute Gasteiger partial charge is 0.215 e. The van der Waals surface area contributed by atoms with Gasteiger partial charge in [0, 0.05) is 46.4 Å². The predicted molar refractivity (Wildman–Crippen MR) is 166 cm³/mol. The van der Waals surface area contributed by atoms with Gasteiger partial charge in [-0.1, -0.05) is 68.5 Å². The van der Waals surface area contributed by atoms with Crippen LogP contribution in [0.2, 0.25) is 0 Å². The van der Waals surface area contributed by atoms with Gasteiger partial charge in [0.1, 0.15) is 0 Å². The number of hydrogen-bond acceptors (Lipinski definition) is 2. The number of halogens is 1. The third-order valence-corrected chi connectivity index (χ3v) is 8.54. The number of fused-ring (bicyclic) bond motifs is 2. The highest BCUT2D eigenvalue weighted by Crippen LogP contribution is 2.48. The Morgan fingerprint density at radius 1 is 0.825 bits per heavy atom. The molecule has 40 heavy (non-hydrogen) atoms. The zero-order valence-corrected chi connectivity index (χ0v) is 26.3. The van der Waals surface area contributed by atoms with Crippen molar-refractivity contribution in [3.63, 3.8) is 0 Å². The van der Waals surface area contributed by atoms with E-state index in [1.165, 1.54) is 45.1 Å². The SMILES string of the molecule is C/C=C/N1/C(=C/C=C2\CCCC(/C=C/C3=[N+](/C=C/C)c4ccccc4C3(C)C)=C2N)C(C)(C)c2ccccc21.[Br-]. The van der Waals surface area contributed by atoms with Gasteiger partial charge in [-0.3, -0.25) is 0 Å². The highest BCUT2D eigenvalue weighted by molar-refractivity contribution is 6.03. The second-order valence-electron chi connectivity index (χ2n) is 11.7. The molecule has 3 aliphatic rings. The fraction of sp³-hybridized carbons (Fsp3) is 0.306. The molecule has 0 aromatic heterocycles. The molecule has 0 bridgehead atoms. The summed E-state index contributed by atoms with van der Waals surface area (Å²) in [4.78, 5) is 2.32. The average molecular weight is 597 g/mol. The van der Waals surface area contributed by atoms with E-state index in [1.807, 2.05) is 0 Å². The number of anilines is 1. The Labute approximate surface area is 251 Å². The van der Waals surface area contributed by atoms with Gasteiger partial charge in [0.25, 0.3) is 0 Å². The summed E-state index contributed by atoms with van der Waals surface area (Å²) in [5.41, 5.74) is 17.8. The molecule has 2 aromatic carbocycles. The second kappa shape index (κ2) is 11.6. The van der Waals surface area contributed by atoms with Crippen LogP contribution >= 0.6 is 0 Å². The fourth-order valence-electron chi connectivity index (χ4n) is 6.41. The number of nitrogens with zero attached hydrogens (tertiary/aromatic N) is 2. The Morgan fingerprint density at radius 3 is 2.25 bits per heavy atom. The molecule has 2 aliphatic heterocycles. The molecule has 4 heteroatoms. The third-order valence-electron chi connectivity index (χ3n) is 8.54. The van der Waals surface area contributed by atoms with Gasteiger partial charge in [-0.25, -0.2) is 0 Å². The largest absolute Gasteiger partial charge is 1.00 e. The molecule has 5 rings (SSSR count). The number of hydrogen-bond donors (Lipinski definition) is 1. The van der Waals surface area contributed by atoms with Crippen LogP contribution in [0.5, 0.6) is 0 Å². The molecule has 0 saturated heterocycles. The van der Waals surface area contributed by atoms with Crippen LogP contribution in [0.15, 0.2) is 120 Å². The van der Waals surface area contributed by atoms with Crippen molar-refractivity contribution in [1.82, 2.24) is 0 Å². The number of allylic oxidation sites excluding steroid dienone is 9. The van der Waals surface area contributed by atoms with Crippen LogP contribution in [0, 0.1) is 0 Å². The van der Waals surface area contributed by atoms with E-state index in [-0.39, 0.29) is 27.8 Å². The van der Waals surface area contributed by atoms with Crippen LogP contribution in [-0.2, 0) is 10.8 Å². The Kier molecular flexibility index (Phi) is 8.60. The summed E-state index contributed by atoms with van der Waals surface area (Å²) >= 11 is 0. The predicted octanol–water partition coefficient (Wildman–Crippen LogP) is 5.70. The summed E-state index contributed by atoms with van der Waals surface area (Å²) in [6.07, 6.45) is 20.7. The van der Waals surface area contributed by atoms with Gasteiger partial charge in [-0.2, -0.15) is 4.58 Å². The molecule has 0 unspecified atom stereocenters. The molecule has 0 atom stereocenters. The average Bonchev–Trinajstić information content (AvgIpc) is 3.27. The van der Waals surface area contributed by atoms with Crippen molar-refractivity contribution in [1.29, 1.82) is 0 Å². The lowest BCUT2D eigenvalue weighted by Gasteiger charge is -2.25. The first kappa shape index (κ1) is 29.6. The Balaban J connectivity index is 0.00000370. The van der Waals surface area contributed by atoms with Crippen molar-refractivity contribution in [2.75, 3.05) is 4.90 Å². The number of benzene rings is 2. The molecule has 2 aromatic rings. The molecule has 2 heterocycles. The molecule has 0 spiro atoms. The lowest BCUT2D eigenvalue weighted by molar-refractivity contribution is -0.356. The van der Waals surface area contributed by atoms with E-state index in [4.69, 9.17) is 5.73 Å². The van der Waals surface area contributed by atoms with Gasteiger partial charge in [0.15, 0.2) is 11.9 Å². The van der Waals surface area contributed by atoms with E-state index in [1.54, 1.807) is 0 Å². The molecule has 0 saturated carbocycles. The maximum absolute atomic E-state index is 6.85. The fourth-order valence-corrected chi connectivity index (χ4v) is 6.41. The van der Waals surface area contributed by atoms with Crippen LogP contribution in [0.1, 0.15) is 71.9 Å². The van der Waals surface area contributed by atoms with Crippen LogP contribution < -0.4 is 27.6 Å². The van der Waals surface area contributed by atoms with Crippen molar-refractivity contribution >= 4 is 17.1 Å². The standard InChI is InChI=1S/C36H41N3.BrH/c1-7-24-38-30-18-11-9-16-28(30)35(3,4)32(38)22-20-26-14-13-15-27(34(26)37)21-23-33-36(5,6)29-17-10-12-19-31(29)39(33)25-8-2;/h7-12,16-25,37H,13-15H2,1-6H3;1H/b24-7+,25-8+,26-20+,32-22+;. The lowest BCUT2D eigenvalue weighted by atomic mass is 9.81. The first-order valence-corrected chi connectivity index (χ1v) is 14.2. The summed E-state index contributed by atoms with van der Waals surface area (Å²) in [6.45, 7) is 13.4. The Hall–Kier alpha value is -3.37. The van der Waals surface area contributed by atoms with E-state index < -0.39 is 0 Å². The van der Waals surface area contributed by atoms with E-state index >= 15 is 0 Å². The number of nitrogens with two attached hydrogens (primary N) is 1. The van der Waals surface area contributed by atoms with E-state index in [2.05, 4.69) is 148 Å². The monoisotopic (exact) mass is 595 g/mol. The van der Waals surface area contributed by atoms with Crippen LogP contribution in [0.25, 0.3) is 0 Å². The Morgan fingerprint density at radius 2 is 1.52 bits per heavy atom. The minimum absolute atomic E-state index is 0. The normalized spacial score (nSPS) is 21.8. The molecule has 0 amide bonds. The summed E-state index contributed by atoms with van der Waals surface area (Å²) < 4.78 is 2.32. The van der Waals surface area contributed by atoms with Gasteiger partial charge in [-0.15, -0.1) is 0 Å². The van der Waals surface area contributed by atoms with Crippen molar-refractivity contribution in [2.24, 2.45) is 5.73 Å². The van der Waals surface area contributed by atoms with E-state index in [9.17, 15) is 0 Å². The lowest BCUT2D eigenvalue weighted by Crippen LogP contribution is -3.00. The van der Waals surface area contributed by atoms with Gasteiger partial charge in [0.05, 0.1) is 5.41 Å². The summed E-state index contributed by atoms with van der Waals surface area (Å²) in [7, 11) is 0. The quantitative estimate of drug-likeness (QED) is 0.450. The molecule has 208 valence electrons. The van der Waals surface area contributed by atoms with Gasteiger partial charge >= 0.3 is 0 Å². The van der Waals surface area contributed by atoms with Crippen LogP contribution in [0.3, 0.4) is 0 Å². The minimum atomic E-state index is -0.0843. The zero-order valence-electron chi connectivity index (χ0n) is 24.7. The van der Waals surface area contributed by atoms with Crippen molar-refractivity contribution in [2.45, 2.75) is 71.6 Å². The summed E-state index contributed by atoms with van der Waals surface area (Å²) in [6, 6.07) is 17.4. The third kappa shape index (κ3) is 4.99. The molecule has 0 fully saturated rings. The van der Waals surface area contributed by atoms with Gasteiger partial charge < -0.3 is 27.6 Å². The van der Waals surface area contributed by atoms with Crippen LogP contribution in [0.4, 0.5) is 11.4 Å². The molecule has 2 N–H and O–H groups in total. The second-order valence-corrected chi connectivity index (χ2v) is 11.7. The maximum atomic E-state index is 6.85. The van der Waals surface area contributed by atoms with E-state index in [0.29, 0.717) is 0 Å². The number of para-hydroxylation sites is 2. The molecule has 0 radical (unpaired) electrons. The van der Waals surface area contributed by atoms with Gasteiger partial charge in [-0.05, 0) is 81.9 Å². The molecular weight excluding hydrogens is 554 g/mol. The summed E-state index contributed by atoms with van der Waals surface area (Å²) in [5, 5.41) is 0. The molecule has 3 nitrogen and oxygen atoms in total. The van der Waals surface area contributed by atoms with E-state index in [0.717, 1.165) is 25.0 Å². The zero-order chi connectivity index (χ0) is 27.8. The van der Waals surface area contributed by atoms with Crippen LogP contribution in [-0.4, -0.2) is 10.3 Å². The first-order chi connectivity index (χ1) is 18.7. The molecule has 1 aliphatic carbocycles. The highest BCUT2D eigenvalue weighted by Gasteiger charge is 2.43. The summed E-state index contributed by atoms with van der Waals surface area (Å²) in [5.74, 6) is 0. The Bertz CT molecular complexity index is 1510. The molecular formula is C36H42BrN3. The minimum Gasteiger partial charge on any atom is -1.00 e. The highest BCUT2D eigenvalue weighted by atomic mass is 79.9. The maximum Gasteiger partial charge on any atom is 0.215 e.